The topological polar surface area (TPSA) is 48.4 Å². The Morgan fingerprint density at radius 3 is 2.80 bits per heavy atom. The fourth-order valence-electron chi connectivity index (χ4n) is 1.68. The van der Waals surface area contributed by atoms with E-state index in [2.05, 4.69) is 20.9 Å². The molecule has 4 nitrogen and oxygen atoms in total. The molecule has 0 aliphatic carbocycles. The Labute approximate surface area is 129 Å². The number of hydrogen-bond donors (Lipinski definition) is 0. The summed E-state index contributed by atoms with van der Waals surface area (Å²) in [6.07, 6.45) is 0.639. The molecular weight excluding hydrogens is 342 g/mol. The smallest absolute Gasteiger partial charge is 0.357 e. The summed E-state index contributed by atoms with van der Waals surface area (Å²) in [7, 11) is 1.35. The third-order valence-corrected chi connectivity index (χ3v) is 4.20. The van der Waals surface area contributed by atoms with Crippen molar-refractivity contribution in [2.75, 3.05) is 13.7 Å². The van der Waals surface area contributed by atoms with Crippen molar-refractivity contribution in [3.63, 3.8) is 0 Å². The molecule has 0 radical (unpaired) electrons. The number of benzene rings is 1. The molecule has 0 bridgehead atoms. The zero-order valence-electron chi connectivity index (χ0n) is 11.0. The first kappa shape index (κ1) is 15.2. The van der Waals surface area contributed by atoms with Crippen LogP contribution in [0.2, 0.25) is 0 Å². The Morgan fingerprint density at radius 1 is 1.35 bits per heavy atom. The Morgan fingerprint density at radius 2 is 2.10 bits per heavy atom. The van der Waals surface area contributed by atoms with E-state index in [1.54, 1.807) is 0 Å². The van der Waals surface area contributed by atoms with Gasteiger partial charge in [-0.25, -0.2) is 9.78 Å². The van der Waals surface area contributed by atoms with Crippen molar-refractivity contribution in [1.82, 2.24) is 4.98 Å². The number of carbonyl (C=O) groups is 1. The fraction of sp³-hybridized carbons (Fsp3) is 0.286. The summed E-state index contributed by atoms with van der Waals surface area (Å²) in [6, 6.07) is 9.97. The number of rotatable bonds is 6. The number of thiazole rings is 1. The van der Waals surface area contributed by atoms with Crippen LogP contribution in [0.3, 0.4) is 0 Å². The van der Waals surface area contributed by atoms with Gasteiger partial charge in [-0.1, -0.05) is 30.3 Å². The summed E-state index contributed by atoms with van der Waals surface area (Å²) in [5.41, 5.74) is 1.50. The Balaban J connectivity index is 1.86. The second-order valence-corrected chi connectivity index (χ2v) is 6.38. The number of ether oxygens (including phenoxy) is 2. The van der Waals surface area contributed by atoms with Gasteiger partial charge in [-0.3, -0.25) is 0 Å². The van der Waals surface area contributed by atoms with Gasteiger partial charge in [0, 0.05) is 11.3 Å². The zero-order chi connectivity index (χ0) is 14.4. The van der Waals surface area contributed by atoms with Gasteiger partial charge >= 0.3 is 5.97 Å². The van der Waals surface area contributed by atoms with Crippen LogP contribution in [0, 0.1) is 0 Å². The van der Waals surface area contributed by atoms with Crippen LogP contribution in [0.1, 0.15) is 20.9 Å². The number of hydrogen-bond acceptors (Lipinski definition) is 5. The van der Waals surface area contributed by atoms with Gasteiger partial charge in [0.05, 0.1) is 20.3 Å². The first-order chi connectivity index (χ1) is 9.70. The fourth-order valence-corrected chi connectivity index (χ4v) is 3.19. The minimum Gasteiger partial charge on any atom is -0.464 e. The van der Waals surface area contributed by atoms with Crippen LogP contribution < -0.4 is 0 Å². The highest BCUT2D eigenvalue weighted by Crippen LogP contribution is 2.24. The van der Waals surface area contributed by atoms with E-state index < -0.39 is 5.97 Å². The SMILES string of the molecule is COC(=O)c1nc(Br)sc1CCOCc1ccccc1. The minimum absolute atomic E-state index is 0.368. The summed E-state index contributed by atoms with van der Waals surface area (Å²) in [5, 5.41) is 0. The lowest BCUT2D eigenvalue weighted by Crippen LogP contribution is -2.07. The quantitative estimate of drug-likeness (QED) is 0.588. The van der Waals surface area contributed by atoms with E-state index >= 15 is 0 Å². The second kappa shape index (κ2) is 7.52. The molecule has 0 N–H and O–H groups in total. The van der Waals surface area contributed by atoms with E-state index in [4.69, 9.17) is 9.47 Å². The highest BCUT2D eigenvalue weighted by Gasteiger charge is 2.17. The summed E-state index contributed by atoms with van der Waals surface area (Å²) in [6.45, 7) is 1.10. The van der Waals surface area contributed by atoms with Crippen molar-refractivity contribution in [3.8, 4) is 0 Å². The zero-order valence-corrected chi connectivity index (χ0v) is 13.4. The Kier molecular flexibility index (Phi) is 5.70. The molecule has 2 aromatic rings. The van der Waals surface area contributed by atoms with E-state index in [1.165, 1.54) is 18.4 Å². The molecular formula is C14H14BrNO3S. The van der Waals surface area contributed by atoms with Gasteiger partial charge in [-0.2, -0.15) is 0 Å². The summed E-state index contributed by atoms with van der Waals surface area (Å²) >= 11 is 4.71. The summed E-state index contributed by atoms with van der Waals surface area (Å²) in [5.74, 6) is -0.412. The molecule has 0 aliphatic heterocycles. The lowest BCUT2D eigenvalue weighted by Gasteiger charge is -2.04. The molecule has 0 saturated heterocycles. The molecule has 20 heavy (non-hydrogen) atoms. The maximum Gasteiger partial charge on any atom is 0.357 e. The number of nitrogens with zero attached hydrogens (tertiary/aromatic N) is 1. The molecule has 2 rings (SSSR count). The summed E-state index contributed by atoms with van der Waals surface area (Å²) in [4.78, 5) is 16.6. The number of carbonyl (C=O) groups excluding carboxylic acids is 1. The predicted molar refractivity (Wildman–Crippen MR) is 81.0 cm³/mol. The predicted octanol–water partition coefficient (Wildman–Crippen LogP) is 3.45. The van der Waals surface area contributed by atoms with Gasteiger partial charge in [0.15, 0.2) is 9.61 Å². The molecule has 0 aliphatic rings. The van der Waals surface area contributed by atoms with Crippen LogP contribution in [0.5, 0.6) is 0 Å². The molecule has 0 fully saturated rings. The van der Waals surface area contributed by atoms with Crippen molar-refractivity contribution < 1.29 is 14.3 Å². The molecule has 6 heteroatoms. The molecule has 1 aromatic carbocycles. The van der Waals surface area contributed by atoms with E-state index in [1.807, 2.05) is 30.3 Å². The van der Waals surface area contributed by atoms with Gasteiger partial charge in [0.1, 0.15) is 0 Å². The van der Waals surface area contributed by atoms with Gasteiger partial charge in [-0.15, -0.1) is 11.3 Å². The van der Waals surface area contributed by atoms with E-state index in [9.17, 15) is 4.79 Å². The van der Waals surface area contributed by atoms with Crippen molar-refractivity contribution in [2.45, 2.75) is 13.0 Å². The molecule has 106 valence electrons. The van der Waals surface area contributed by atoms with Crippen LogP contribution in [0.4, 0.5) is 0 Å². The van der Waals surface area contributed by atoms with E-state index in [0.29, 0.717) is 29.2 Å². The third-order valence-electron chi connectivity index (χ3n) is 2.64. The number of halogens is 1. The highest BCUT2D eigenvalue weighted by molar-refractivity contribution is 9.11. The van der Waals surface area contributed by atoms with Gasteiger partial charge in [0.2, 0.25) is 0 Å². The van der Waals surface area contributed by atoms with Crippen molar-refractivity contribution in [3.05, 3.63) is 50.4 Å². The molecule has 0 amide bonds. The van der Waals surface area contributed by atoms with Gasteiger partial charge in [-0.05, 0) is 21.5 Å². The largest absolute Gasteiger partial charge is 0.464 e. The first-order valence-electron chi connectivity index (χ1n) is 6.06. The third kappa shape index (κ3) is 4.13. The average molecular weight is 356 g/mol. The van der Waals surface area contributed by atoms with Gasteiger partial charge in [0.25, 0.3) is 0 Å². The number of methoxy groups -OCH3 is 1. The second-order valence-electron chi connectivity index (χ2n) is 4.02. The molecule has 0 unspecified atom stereocenters. The molecule has 0 atom stereocenters. The van der Waals surface area contributed by atoms with Crippen LogP contribution in [-0.4, -0.2) is 24.7 Å². The molecule has 1 aromatic heterocycles. The molecule has 0 spiro atoms. The maximum atomic E-state index is 11.6. The van der Waals surface area contributed by atoms with E-state index in [-0.39, 0.29) is 0 Å². The van der Waals surface area contributed by atoms with Crippen molar-refractivity contribution >= 4 is 33.2 Å². The van der Waals surface area contributed by atoms with Crippen LogP contribution in [0.25, 0.3) is 0 Å². The summed E-state index contributed by atoms with van der Waals surface area (Å²) < 4.78 is 11.0. The van der Waals surface area contributed by atoms with Crippen molar-refractivity contribution in [2.24, 2.45) is 0 Å². The average Bonchev–Trinajstić information content (AvgIpc) is 2.85. The van der Waals surface area contributed by atoms with Crippen molar-refractivity contribution in [1.29, 1.82) is 0 Å². The molecule has 1 heterocycles. The van der Waals surface area contributed by atoms with E-state index in [0.717, 1.165) is 10.4 Å². The number of aromatic nitrogens is 1. The highest BCUT2D eigenvalue weighted by atomic mass is 79.9. The minimum atomic E-state index is -0.412. The maximum absolute atomic E-state index is 11.6. The van der Waals surface area contributed by atoms with Crippen LogP contribution >= 0.6 is 27.3 Å². The standard InChI is InChI=1S/C14H14BrNO3S/c1-18-13(17)12-11(20-14(15)16-12)7-8-19-9-10-5-3-2-4-6-10/h2-6H,7-9H2,1H3. The van der Waals surface area contributed by atoms with Gasteiger partial charge < -0.3 is 9.47 Å². The van der Waals surface area contributed by atoms with Crippen LogP contribution in [-0.2, 0) is 22.5 Å². The number of esters is 1. The molecule has 0 saturated carbocycles. The normalized spacial score (nSPS) is 10.5. The Hall–Kier alpha value is -1.24. The Bertz CT molecular complexity index is 571. The van der Waals surface area contributed by atoms with Crippen LogP contribution in [0.15, 0.2) is 34.2 Å². The monoisotopic (exact) mass is 355 g/mol. The lowest BCUT2D eigenvalue weighted by molar-refractivity contribution is 0.0592. The lowest BCUT2D eigenvalue weighted by atomic mass is 10.2. The first-order valence-corrected chi connectivity index (χ1v) is 7.67.